The molecule has 1 fully saturated rings. The van der Waals surface area contributed by atoms with Gasteiger partial charge in [-0.05, 0) is 43.5 Å². The Morgan fingerprint density at radius 3 is 3.27 bits per heavy atom. The first-order valence-electron chi connectivity index (χ1n) is 5.48. The number of pyridine rings is 1. The maximum atomic E-state index is 4.31. The van der Waals surface area contributed by atoms with Crippen LogP contribution in [0.25, 0.3) is 5.52 Å². The highest BCUT2D eigenvalue weighted by molar-refractivity contribution is 5.53. The Bertz CT molecular complexity index is 481. The van der Waals surface area contributed by atoms with E-state index in [2.05, 4.69) is 40.0 Å². The number of nitrogens with zero attached hydrogens (tertiary/aromatic N) is 2. The van der Waals surface area contributed by atoms with Gasteiger partial charge in [0.15, 0.2) is 0 Å². The number of nitrogens with one attached hydrogen (secondary N) is 1. The molecule has 1 aliphatic rings. The average molecular weight is 201 g/mol. The van der Waals surface area contributed by atoms with Crippen LogP contribution in [0.2, 0.25) is 0 Å². The summed E-state index contributed by atoms with van der Waals surface area (Å²) in [6.07, 6.45) is 5.24. The fraction of sp³-hybridized carbons (Fsp3) is 0.417. The average Bonchev–Trinajstić information content (AvgIpc) is 2.88. The second-order valence-corrected chi connectivity index (χ2v) is 4.27. The molecule has 0 saturated carbocycles. The van der Waals surface area contributed by atoms with Crippen LogP contribution in [0.1, 0.15) is 23.6 Å². The monoisotopic (exact) mass is 201 g/mol. The lowest BCUT2D eigenvalue weighted by molar-refractivity contribution is 0.762. The van der Waals surface area contributed by atoms with Gasteiger partial charge in [0.25, 0.3) is 0 Å². The highest BCUT2D eigenvalue weighted by Crippen LogP contribution is 2.23. The molecule has 2 aromatic heterocycles. The Kier molecular flexibility index (Phi) is 1.99. The van der Waals surface area contributed by atoms with Crippen LogP contribution in [-0.2, 0) is 0 Å². The van der Waals surface area contributed by atoms with Crippen LogP contribution >= 0.6 is 0 Å². The van der Waals surface area contributed by atoms with Crippen LogP contribution < -0.4 is 5.32 Å². The summed E-state index contributed by atoms with van der Waals surface area (Å²) in [7, 11) is 0. The summed E-state index contributed by atoms with van der Waals surface area (Å²) in [4.78, 5) is 4.31. The van der Waals surface area contributed by atoms with Crippen molar-refractivity contribution in [2.24, 2.45) is 0 Å². The Labute approximate surface area is 89.1 Å². The molecular formula is C12H15N3. The van der Waals surface area contributed by atoms with Crippen LogP contribution in [0.15, 0.2) is 24.7 Å². The molecule has 3 rings (SSSR count). The van der Waals surface area contributed by atoms with E-state index in [-0.39, 0.29) is 0 Å². The first kappa shape index (κ1) is 8.92. The van der Waals surface area contributed by atoms with E-state index in [1.165, 1.54) is 17.5 Å². The molecule has 0 amide bonds. The summed E-state index contributed by atoms with van der Waals surface area (Å²) in [5.41, 5.74) is 3.79. The lowest BCUT2D eigenvalue weighted by atomic mass is 9.99. The van der Waals surface area contributed by atoms with E-state index < -0.39 is 0 Å². The minimum Gasteiger partial charge on any atom is -0.316 e. The Morgan fingerprint density at radius 1 is 1.53 bits per heavy atom. The van der Waals surface area contributed by atoms with E-state index in [4.69, 9.17) is 0 Å². The van der Waals surface area contributed by atoms with E-state index >= 15 is 0 Å². The lowest BCUT2D eigenvalue weighted by Gasteiger charge is -2.09. The Balaban J connectivity index is 2.08. The summed E-state index contributed by atoms with van der Waals surface area (Å²) < 4.78 is 2.08. The number of hydrogen-bond donors (Lipinski definition) is 1. The normalized spacial score (nSPS) is 21.3. The van der Waals surface area contributed by atoms with Crippen molar-refractivity contribution < 1.29 is 0 Å². The summed E-state index contributed by atoms with van der Waals surface area (Å²) in [5, 5.41) is 3.40. The standard InChI is InChI=1S/C12H15N3/c1-9-12-6-10(11-2-4-13-7-11)3-5-15(12)8-14-9/h3,5-6,8,11,13H,2,4,7H2,1H3. The predicted molar refractivity (Wildman–Crippen MR) is 60.2 cm³/mol. The second-order valence-electron chi connectivity index (χ2n) is 4.27. The van der Waals surface area contributed by atoms with Gasteiger partial charge >= 0.3 is 0 Å². The zero-order valence-corrected chi connectivity index (χ0v) is 8.90. The minimum atomic E-state index is 0.685. The molecule has 1 N–H and O–H groups in total. The van der Waals surface area contributed by atoms with Crippen molar-refractivity contribution in [2.45, 2.75) is 19.3 Å². The molecule has 0 radical (unpaired) electrons. The molecule has 1 aliphatic heterocycles. The maximum Gasteiger partial charge on any atom is 0.0995 e. The molecule has 1 saturated heterocycles. The molecular weight excluding hydrogens is 186 g/mol. The van der Waals surface area contributed by atoms with Gasteiger partial charge < -0.3 is 9.72 Å². The van der Waals surface area contributed by atoms with Crippen LogP contribution in [0, 0.1) is 6.92 Å². The number of aryl methyl sites for hydroxylation is 1. The van der Waals surface area contributed by atoms with Crippen molar-refractivity contribution >= 4 is 5.52 Å². The highest BCUT2D eigenvalue weighted by Gasteiger charge is 2.16. The van der Waals surface area contributed by atoms with E-state index in [9.17, 15) is 0 Å². The smallest absolute Gasteiger partial charge is 0.0995 e. The molecule has 1 unspecified atom stereocenters. The van der Waals surface area contributed by atoms with Crippen LogP contribution in [0.3, 0.4) is 0 Å². The van der Waals surface area contributed by atoms with E-state index in [0.717, 1.165) is 18.8 Å². The van der Waals surface area contributed by atoms with E-state index in [1.54, 1.807) is 0 Å². The minimum absolute atomic E-state index is 0.685. The number of aromatic nitrogens is 2. The SMILES string of the molecule is Cc1ncn2ccc(C3CCNC3)cc12. The van der Waals surface area contributed by atoms with E-state index in [1.807, 2.05) is 6.33 Å². The van der Waals surface area contributed by atoms with Crippen molar-refractivity contribution in [3.05, 3.63) is 35.9 Å². The Morgan fingerprint density at radius 2 is 2.47 bits per heavy atom. The van der Waals surface area contributed by atoms with Gasteiger partial charge in [-0.15, -0.1) is 0 Å². The molecule has 3 heterocycles. The molecule has 0 bridgehead atoms. The van der Waals surface area contributed by atoms with Crippen molar-refractivity contribution in [2.75, 3.05) is 13.1 Å². The summed E-state index contributed by atoms with van der Waals surface area (Å²) >= 11 is 0. The van der Waals surface area contributed by atoms with Crippen molar-refractivity contribution in [3.8, 4) is 0 Å². The van der Waals surface area contributed by atoms with Gasteiger partial charge in [0.2, 0.25) is 0 Å². The van der Waals surface area contributed by atoms with Gasteiger partial charge in [0.05, 0.1) is 17.5 Å². The van der Waals surface area contributed by atoms with Gasteiger partial charge in [-0.1, -0.05) is 0 Å². The third-order valence-electron chi connectivity index (χ3n) is 3.29. The maximum absolute atomic E-state index is 4.31. The van der Waals surface area contributed by atoms with Gasteiger partial charge in [0.1, 0.15) is 0 Å². The molecule has 3 nitrogen and oxygen atoms in total. The summed E-state index contributed by atoms with van der Waals surface area (Å²) in [6.45, 7) is 4.32. The third kappa shape index (κ3) is 1.43. The van der Waals surface area contributed by atoms with Crippen molar-refractivity contribution in [1.29, 1.82) is 0 Å². The number of imidazole rings is 1. The van der Waals surface area contributed by atoms with Gasteiger partial charge in [-0.2, -0.15) is 0 Å². The number of fused-ring (bicyclic) bond motifs is 1. The molecule has 0 spiro atoms. The van der Waals surface area contributed by atoms with Crippen molar-refractivity contribution in [3.63, 3.8) is 0 Å². The quantitative estimate of drug-likeness (QED) is 0.761. The molecule has 78 valence electrons. The van der Waals surface area contributed by atoms with Crippen LogP contribution in [0.5, 0.6) is 0 Å². The highest BCUT2D eigenvalue weighted by atomic mass is 15.0. The molecule has 0 aliphatic carbocycles. The lowest BCUT2D eigenvalue weighted by Crippen LogP contribution is -2.08. The van der Waals surface area contributed by atoms with Crippen LogP contribution in [-0.4, -0.2) is 22.5 Å². The largest absolute Gasteiger partial charge is 0.316 e. The molecule has 2 aromatic rings. The third-order valence-corrected chi connectivity index (χ3v) is 3.29. The second kappa shape index (κ2) is 3.35. The fourth-order valence-electron chi connectivity index (χ4n) is 2.33. The molecule has 3 heteroatoms. The fourth-order valence-corrected chi connectivity index (χ4v) is 2.33. The summed E-state index contributed by atoms with van der Waals surface area (Å²) in [5.74, 6) is 0.685. The van der Waals surface area contributed by atoms with Crippen LogP contribution in [0.4, 0.5) is 0 Å². The number of rotatable bonds is 1. The zero-order chi connectivity index (χ0) is 10.3. The predicted octanol–water partition coefficient (Wildman–Crippen LogP) is 1.72. The Hall–Kier alpha value is -1.35. The van der Waals surface area contributed by atoms with Gasteiger partial charge in [0, 0.05) is 12.7 Å². The molecule has 15 heavy (non-hydrogen) atoms. The first-order valence-corrected chi connectivity index (χ1v) is 5.48. The van der Waals surface area contributed by atoms with Gasteiger partial charge in [-0.3, -0.25) is 0 Å². The molecule has 0 aromatic carbocycles. The summed E-state index contributed by atoms with van der Waals surface area (Å²) in [6, 6.07) is 4.49. The first-order chi connectivity index (χ1) is 7.34. The van der Waals surface area contributed by atoms with Gasteiger partial charge in [-0.25, -0.2) is 4.98 Å². The van der Waals surface area contributed by atoms with E-state index in [0.29, 0.717) is 5.92 Å². The number of hydrogen-bond acceptors (Lipinski definition) is 2. The zero-order valence-electron chi connectivity index (χ0n) is 8.90. The topological polar surface area (TPSA) is 29.3 Å². The van der Waals surface area contributed by atoms with Crippen molar-refractivity contribution in [1.82, 2.24) is 14.7 Å². The molecule has 1 atom stereocenters.